The number of hydrogen-bond donors (Lipinski definition) is 2. The van der Waals surface area contributed by atoms with Gasteiger partial charge in [-0.15, -0.1) is 0 Å². The van der Waals surface area contributed by atoms with E-state index in [9.17, 15) is 9.59 Å². The second kappa shape index (κ2) is 9.83. The van der Waals surface area contributed by atoms with Crippen LogP contribution in [-0.2, 0) is 4.79 Å². The number of amides is 2. The summed E-state index contributed by atoms with van der Waals surface area (Å²) in [6, 6.07) is 11.7. The SMILES string of the molecule is CCNC(=O)COc1cccc(NC(=O)c2cc(Cl)ccc2OC(C)C)c1. The highest BCUT2D eigenvalue weighted by Gasteiger charge is 2.15. The van der Waals surface area contributed by atoms with Crippen molar-refractivity contribution in [3.05, 3.63) is 53.1 Å². The number of rotatable bonds is 8. The lowest BCUT2D eigenvalue weighted by atomic mass is 10.1. The highest BCUT2D eigenvalue weighted by Crippen LogP contribution is 2.26. The molecule has 7 heteroatoms. The molecule has 144 valence electrons. The fourth-order valence-corrected chi connectivity index (χ4v) is 2.47. The standard InChI is InChI=1S/C20H23ClN2O4/c1-4-22-19(24)12-26-16-7-5-6-15(11-16)23-20(25)17-10-14(21)8-9-18(17)27-13(2)3/h5-11,13H,4,12H2,1-3H3,(H,22,24)(H,23,25). The van der Waals surface area contributed by atoms with Gasteiger partial charge in [-0.3, -0.25) is 9.59 Å². The van der Waals surface area contributed by atoms with Gasteiger partial charge in [0, 0.05) is 23.3 Å². The summed E-state index contributed by atoms with van der Waals surface area (Å²) in [7, 11) is 0. The van der Waals surface area contributed by atoms with Gasteiger partial charge in [-0.05, 0) is 51.1 Å². The van der Waals surface area contributed by atoms with Crippen LogP contribution < -0.4 is 20.1 Å². The van der Waals surface area contributed by atoms with Crippen molar-refractivity contribution in [2.24, 2.45) is 0 Å². The van der Waals surface area contributed by atoms with Crippen LogP contribution in [0.15, 0.2) is 42.5 Å². The molecule has 0 spiro atoms. The van der Waals surface area contributed by atoms with E-state index < -0.39 is 0 Å². The van der Waals surface area contributed by atoms with Crippen LogP contribution >= 0.6 is 11.6 Å². The Hall–Kier alpha value is -2.73. The smallest absolute Gasteiger partial charge is 0.259 e. The number of likely N-dealkylation sites (N-methyl/N-ethyl adjacent to an activating group) is 1. The zero-order valence-corrected chi connectivity index (χ0v) is 16.3. The molecule has 2 amide bonds. The van der Waals surface area contributed by atoms with Gasteiger partial charge >= 0.3 is 0 Å². The number of benzene rings is 2. The van der Waals surface area contributed by atoms with E-state index in [-0.39, 0.29) is 24.5 Å². The van der Waals surface area contributed by atoms with Crippen molar-refractivity contribution < 1.29 is 19.1 Å². The predicted molar refractivity (Wildman–Crippen MR) is 106 cm³/mol. The summed E-state index contributed by atoms with van der Waals surface area (Å²) < 4.78 is 11.1. The van der Waals surface area contributed by atoms with Crippen LogP contribution in [0.25, 0.3) is 0 Å². The first-order valence-electron chi connectivity index (χ1n) is 8.66. The molecule has 0 unspecified atom stereocenters. The highest BCUT2D eigenvalue weighted by molar-refractivity contribution is 6.31. The number of hydrogen-bond acceptors (Lipinski definition) is 4. The monoisotopic (exact) mass is 390 g/mol. The molecule has 6 nitrogen and oxygen atoms in total. The average Bonchev–Trinajstić information content (AvgIpc) is 2.61. The van der Waals surface area contributed by atoms with Crippen LogP contribution in [0.1, 0.15) is 31.1 Å². The molecule has 0 aromatic heterocycles. The van der Waals surface area contributed by atoms with Gasteiger partial charge in [0.2, 0.25) is 0 Å². The molecule has 2 N–H and O–H groups in total. The van der Waals surface area contributed by atoms with Crippen molar-refractivity contribution in [2.75, 3.05) is 18.5 Å². The lowest BCUT2D eigenvalue weighted by Crippen LogP contribution is -2.28. The van der Waals surface area contributed by atoms with Gasteiger partial charge in [0.15, 0.2) is 6.61 Å². The number of nitrogens with one attached hydrogen (secondary N) is 2. The summed E-state index contributed by atoms with van der Waals surface area (Å²) in [5.74, 6) is 0.370. The van der Waals surface area contributed by atoms with Gasteiger partial charge < -0.3 is 20.1 Å². The van der Waals surface area contributed by atoms with Crippen molar-refractivity contribution >= 4 is 29.1 Å². The van der Waals surface area contributed by atoms with E-state index in [2.05, 4.69) is 10.6 Å². The van der Waals surface area contributed by atoms with Crippen LogP contribution in [-0.4, -0.2) is 31.1 Å². The molecule has 0 saturated carbocycles. The van der Waals surface area contributed by atoms with Crippen LogP contribution in [0, 0.1) is 0 Å². The fourth-order valence-electron chi connectivity index (χ4n) is 2.30. The fraction of sp³-hybridized carbons (Fsp3) is 0.300. The maximum atomic E-state index is 12.7. The first-order chi connectivity index (χ1) is 12.9. The largest absolute Gasteiger partial charge is 0.490 e. The van der Waals surface area contributed by atoms with Gasteiger partial charge in [0.25, 0.3) is 11.8 Å². The summed E-state index contributed by atoms with van der Waals surface area (Å²) in [5.41, 5.74) is 0.869. The molecule has 0 aliphatic heterocycles. The molecule has 27 heavy (non-hydrogen) atoms. The number of carbonyl (C=O) groups is 2. The first kappa shape index (κ1) is 20.6. The molecule has 2 aromatic rings. The van der Waals surface area contributed by atoms with E-state index in [4.69, 9.17) is 21.1 Å². The Kier molecular flexibility index (Phi) is 7.49. The molecule has 0 aliphatic rings. The third-order valence-electron chi connectivity index (χ3n) is 3.38. The van der Waals surface area contributed by atoms with E-state index in [1.54, 1.807) is 42.5 Å². The number of anilines is 1. The van der Waals surface area contributed by atoms with Gasteiger partial charge in [-0.1, -0.05) is 17.7 Å². The first-order valence-corrected chi connectivity index (χ1v) is 9.04. The van der Waals surface area contributed by atoms with E-state index in [0.29, 0.717) is 34.3 Å². The Morgan fingerprint density at radius 3 is 2.63 bits per heavy atom. The van der Waals surface area contributed by atoms with E-state index in [1.165, 1.54) is 0 Å². The number of ether oxygens (including phenoxy) is 2. The molecular weight excluding hydrogens is 368 g/mol. The zero-order chi connectivity index (χ0) is 19.8. The van der Waals surface area contributed by atoms with Crippen molar-refractivity contribution in [1.82, 2.24) is 5.32 Å². The minimum absolute atomic E-state index is 0.0799. The van der Waals surface area contributed by atoms with Gasteiger partial charge in [-0.2, -0.15) is 0 Å². The molecule has 0 fully saturated rings. The lowest BCUT2D eigenvalue weighted by Gasteiger charge is -2.15. The van der Waals surface area contributed by atoms with E-state index in [1.807, 2.05) is 20.8 Å². The minimum Gasteiger partial charge on any atom is -0.490 e. The van der Waals surface area contributed by atoms with E-state index >= 15 is 0 Å². The molecule has 0 heterocycles. The average molecular weight is 391 g/mol. The molecule has 0 saturated heterocycles. The third-order valence-corrected chi connectivity index (χ3v) is 3.62. The minimum atomic E-state index is -0.353. The van der Waals surface area contributed by atoms with Crippen LogP contribution in [0.3, 0.4) is 0 Å². The molecule has 0 atom stereocenters. The topological polar surface area (TPSA) is 76.7 Å². The molecule has 2 rings (SSSR count). The zero-order valence-electron chi connectivity index (χ0n) is 15.5. The van der Waals surface area contributed by atoms with Crippen LogP contribution in [0.4, 0.5) is 5.69 Å². The summed E-state index contributed by atoms with van der Waals surface area (Å²) in [4.78, 5) is 24.2. The quantitative estimate of drug-likeness (QED) is 0.716. The summed E-state index contributed by atoms with van der Waals surface area (Å²) in [5, 5.41) is 5.89. The second-order valence-electron chi connectivity index (χ2n) is 6.03. The lowest BCUT2D eigenvalue weighted by molar-refractivity contribution is -0.122. The summed E-state index contributed by atoms with van der Waals surface area (Å²) in [6.45, 7) is 6.04. The Morgan fingerprint density at radius 1 is 1.15 bits per heavy atom. The molecule has 0 aliphatic carbocycles. The predicted octanol–water partition coefficient (Wildman–Crippen LogP) is 3.89. The van der Waals surface area contributed by atoms with Gasteiger partial charge in [0.1, 0.15) is 11.5 Å². The Bertz CT molecular complexity index is 808. The summed E-state index contributed by atoms with van der Waals surface area (Å²) in [6.07, 6.45) is -0.0799. The van der Waals surface area contributed by atoms with Crippen LogP contribution in [0.5, 0.6) is 11.5 Å². The normalized spacial score (nSPS) is 10.4. The Balaban J connectivity index is 2.11. The molecule has 2 aromatic carbocycles. The van der Waals surface area contributed by atoms with E-state index in [0.717, 1.165) is 0 Å². The van der Waals surface area contributed by atoms with Crippen molar-refractivity contribution in [2.45, 2.75) is 26.9 Å². The maximum Gasteiger partial charge on any atom is 0.259 e. The molecule has 0 bridgehead atoms. The van der Waals surface area contributed by atoms with Crippen molar-refractivity contribution in [1.29, 1.82) is 0 Å². The Labute approximate surface area is 163 Å². The van der Waals surface area contributed by atoms with Gasteiger partial charge in [-0.25, -0.2) is 0 Å². The molecule has 0 radical (unpaired) electrons. The number of halogens is 1. The Morgan fingerprint density at radius 2 is 1.93 bits per heavy atom. The van der Waals surface area contributed by atoms with Crippen molar-refractivity contribution in [3.63, 3.8) is 0 Å². The number of carbonyl (C=O) groups excluding carboxylic acids is 2. The maximum absolute atomic E-state index is 12.7. The second-order valence-corrected chi connectivity index (χ2v) is 6.47. The summed E-state index contributed by atoms with van der Waals surface area (Å²) >= 11 is 6.03. The molecular formula is C20H23ClN2O4. The van der Waals surface area contributed by atoms with Crippen LogP contribution in [0.2, 0.25) is 5.02 Å². The highest BCUT2D eigenvalue weighted by atomic mass is 35.5. The van der Waals surface area contributed by atoms with Crippen molar-refractivity contribution in [3.8, 4) is 11.5 Å². The third kappa shape index (κ3) is 6.49. The van der Waals surface area contributed by atoms with Gasteiger partial charge in [0.05, 0.1) is 11.7 Å².